The van der Waals surface area contributed by atoms with E-state index in [1.165, 1.54) is 19.2 Å². The van der Waals surface area contributed by atoms with Crippen LogP contribution in [0.25, 0.3) is 6.08 Å². The highest BCUT2D eigenvalue weighted by Crippen LogP contribution is 2.53. The molecule has 3 aliphatic rings. The molecule has 0 saturated carbocycles. The van der Waals surface area contributed by atoms with Gasteiger partial charge in [-0.25, -0.2) is 9.69 Å². The summed E-state index contributed by atoms with van der Waals surface area (Å²) in [5, 5.41) is 0. The summed E-state index contributed by atoms with van der Waals surface area (Å²) in [5.74, 6) is -4.10. The van der Waals surface area contributed by atoms with Gasteiger partial charge in [0.2, 0.25) is 17.7 Å². The molecule has 2 N–H and O–H groups in total. The number of benzene rings is 2. The van der Waals surface area contributed by atoms with Crippen molar-refractivity contribution in [2.45, 2.75) is 12.1 Å². The number of esters is 1. The SMILES string of the molecule is COC(=O)c1ccccc1N1C(=O)[C@@H]2[C@H](C1=O)[C@H]1c3ccccc3C=CN1[C@H]2C(N)=O. The summed E-state index contributed by atoms with van der Waals surface area (Å²) in [4.78, 5) is 54.6. The normalized spacial score (nSPS) is 25.8. The molecule has 31 heavy (non-hydrogen) atoms. The van der Waals surface area contributed by atoms with Crippen LogP contribution in [0.4, 0.5) is 5.69 Å². The summed E-state index contributed by atoms with van der Waals surface area (Å²) in [7, 11) is 1.23. The molecule has 0 radical (unpaired) electrons. The zero-order chi connectivity index (χ0) is 21.9. The number of carbonyl (C=O) groups is 4. The van der Waals surface area contributed by atoms with Gasteiger partial charge in [-0.3, -0.25) is 14.4 Å². The van der Waals surface area contributed by atoms with Gasteiger partial charge in [0.05, 0.1) is 36.2 Å². The number of nitrogens with two attached hydrogens (primary N) is 1. The standard InChI is InChI=1S/C23H19N3O5/c1-31-23(30)14-8-4-5-9-15(14)26-21(28)16-17(22(26)29)19(20(24)27)25-11-10-12-6-2-3-7-13(12)18(16)25/h2-11,16-19H,1H3,(H2,24,27)/t16-,17+,18+,19+/m0/s1. The molecule has 2 fully saturated rings. The fourth-order valence-electron chi connectivity index (χ4n) is 5.07. The van der Waals surface area contributed by atoms with Crippen LogP contribution in [0.2, 0.25) is 0 Å². The molecule has 2 aromatic carbocycles. The van der Waals surface area contributed by atoms with Crippen molar-refractivity contribution in [2.75, 3.05) is 12.0 Å². The molecule has 2 saturated heterocycles. The summed E-state index contributed by atoms with van der Waals surface area (Å²) < 4.78 is 4.81. The van der Waals surface area contributed by atoms with Gasteiger partial charge in [0, 0.05) is 6.20 Å². The van der Waals surface area contributed by atoms with Crippen LogP contribution in [0.15, 0.2) is 54.7 Å². The molecule has 8 heteroatoms. The Morgan fingerprint density at radius 3 is 2.39 bits per heavy atom. The predicted molar refractivity (Wildman–Crippen MR) is 110 cm³/mol. The summed E-state index contributed by atoms with van der Waals surface area (Å²) in [5.41, 5.74) is 7.72. The zero-order valence-electron chi connectivity index (χ0n) is 16.6. The van der Waals surface area contributed by atoms with Crippen LogP contribution in [0.5, 0.6) is 0 Å². The molecule has 8 nitrogen and oxygen atoms in total. The zero-order valence-corrected chi connectivity index (χ0v) is 16.6. The Hall–Kier alpha value is -3.94. The van der Waals surface area contributed by atoms with Gasteiger partial charge in [-0.1, -0.05) is 36.4 Å². The maximum Gasteiger partial charge on any atom is 0.339 e. The lowest BCUT2D eigenvalue weighted by molar-refractivity contribution is -0.129. The molecule has 3 aliphatic heterocycles. The maximum absolute atomic E-state index is 13.6. The molecular weight excluding hydrogens is 398 g/mol. The van der Waals surface area contributed by atoms with Crippen molar-refractivity contribution in [1.29, 1.82) is 0 Å². The van der Waals surface area contributed by atoms with Crippen molar-refractivity contribution in [3.63, 3.8) is 0 Å². The van der Waals surface area contributed by atoms with Crippen LogP contribution < -0.4 is 10.6 Å². The first-order valence-corrected chi connectivity index (χ1v) is 9.84. The van der Waals surface area contributed by atoms with E-state index in [2.05, 4.69) is 0 Å². The van der Waals surface area contributed by atoms with Crippen molar-refractivity contribution in [3.8, 4) is 0 Å². The minimum absolute atomic E-state index is 0.100. The fourth-order valence-corrected chi connectivity index (χ4v) is 5.07. The number of hydrogen-bond donors (Lipinski definition) is 1. The van der Waals surface area contributed by atoms with Gasteiger partial charge >= 0.3 is 5.97 Å². The van der Waals surface area contributed by atoms with Crippen LogP contribution in [0.1, 0.15) is 27.5 Å². The molecule has 0 aliphatic carbocycles. The highest BCUT2D eigenvalue weighted by molar-refractivity contribution is 6.25. The number of ether oxygens (including phenoxy) is 1. The number of amides is 3. The first kappa shape index (κ1) is 19.0. The second kappa shape index (κ2) is 6.80. The minimum atomic E-state index is -0.966. The fraction of sp³-hybridized carbons (Fsp3) is 0.217. The highest BCUT2D eigenvalue weighted by atomic mass is 16.5. The summed E-state index contributed by atoms with van der Waals surface area (Å²) in [6.45, 7) is 0. The first-order valence-electron chi connectivity index (χ1n) is 9.84. The number of methoxy groups -OCH3 is 1. The lowest BCUT2D eigenvalue weighted by atomic mass is 9.84. The van der Waals surface area contributed by atoms with E-state index in [4.69, 9.17) is 10.5 Å². The summed E-state index contributed by atoms with van der Waals surface area (Å²) in [6, 6.07) is 12.3. The first-order chi connectivity index (χ1) is 15.0. The largest absolute Gasteiger partial charge is 0.465 e. The number of imide groups is 1. The average molecular weight is 417 g/mol. The van der Waals surface area contributed by atoms with Gasteiger partial charge in [0.1, 0.15) is 6.04 Å². The van der Waals surface area contributed by atoms with Crippen molar-refractivity contribution >= 4 is 35.5 Å². The number of para-hydroxylation sites is 1. The Morgan fingerprint density at radius 1 is 0.968 bits per heavy atom. The molecule has 3 heterocycles. The predicted octanol–water partition coefficient (Wildman–Crippen LogP) is 1.47. The van der Waals surface area contributed by atoms with Gasteiger partial charge in [0.15, 0.2) is 0 Å². The lowest BCUT2D eigenvalue weighted by Gasteiger charge is -2.34. The van der Waals surface area contributed by atoms with Gasteiger partial charge < -0.3 is 15.4 Å². The highest BCUT2D eigenvalue weighted by Gasteiger charge is 2.64. The number of rotatable bonds is 3. The lowest BCUT2D eigenvalue weighted by Crippen LogP contribution is -2.47. The Labute approximate surface area is 177 Å². The number of primary amides is 1. The Morgan fingerprint density at radius 2 is 1.65 bits per heavy atom. The molecule has 4 atom stereocenters. The Kier molecular flexibility index (Phi) is 4.18. The molecule has 0 aromatic heterocycles. The number of fused-ring (bicyclic) bond motifs is 5. The second-order valence-electron chi connectivity index (χ2n) is 7.76. The molecule has 0 unspecified atom stereocenters. The molecule has 0 spiro atoms. The summed E-state index contributed by atoms with van der Waals surface area (Å²) >= 11 is 0. The van der Waals surface area contributed by atoms with Crippen LogP contribution in [0, 0.1) is 11.8 Å². The van der Waals surface area contributed by atoms with E-state index in [9.17, 15) is 19.2 Å². The van der Waals surface area contributed by atoms with Crippen molar-refractivity contribution in [2.24, 2.45) is 17.6 Å². The van der Waals surface area contributed by atoms with Gasteiger partial charge in [-0.2, -0.15) is 0 Å². The Balaban J connectivity index is 1.66. The third-order valence-corrected chi connectivity index (χ3v) is 6.30. The van der Waals surface area contributed by atoms with Crippen LogP contribution >= 0.6 is 0 Å². The van der Waals surface area contributed by atoms with E-state index in [0.717, 1.165) is 16.0 Å². The monoisotopic (exact) mass is 417 g/mol. The number of hydrogen-bond acceptors (Lipinski definition) is 6. The minimum Gasteiger partial charge on any atom is -0.465 e. The third kappa shape index (κ3) is 2.54. The molecule has 3 amide bonds. The number of carbonyl (C=O) groups excluding carboxylic acids is 4. The molecular formula is C23H19N3O5. The van der Waals surface area contributed by atoms with Crippen molar-refractivity contribution < 1.29 is 23.9 Å². The third-order valence-electron chi connectivity index (χ3n) is 6.30. The van der Waals surface area contributed by atoms with E-state index in [-0.39, 0.29) is 11.3 Å². The Bertz CT molecular complexity index is 1170. The average Bonchev–Trinajstić information content (AvgIpc) is 3.26. The van der Waals surface area contributed by atoms with Crippen molar-refractivity contribution in [3.05, 3.63) is 71.4 Å². The smallest absolute Gasteiger partial charge is 0.339 e. The molecule has 0 bridgehead atoms. The van der Waals surface area contributed by atoms with E-state index < -0.39 is 47.6 Å². The van der Waals surface area contributed by atoms with Crippen LogP contribution in [-0.2, 0) is 19.1 Å². The van der Waals surface area contributed by atoms with E-state index in [1.807, 2.05) is 30.3 Å². The topological polar surface area (TPSA) is 110 Å². The molecule has 2 aromatic rings. The van der Waals surface area contributed by atoms with Gasteiger partial charge in [-0.05, 0) is 29.3 Å². The van der Waals surface area contributed by atoms with E-state index >= 15 is 0 Å². The van der Waals surface area contributed by atoms with Crippen molar-refractivity contribution in [1.82, 2.24) is 4.90 Å². The molecule has 156 valence electrons. The van der Waals surface area contributed by atoms with Gasteiger partial charge in [0.25, 0.3) is 0 Å². The second-order valence-corrected chi connectivity index (χ2v) is 7.76. The number of anilines is 1. The van der Waals surface area contributed by atoms with Gasteiger partial charge in [-0.15, -0.1) is 0 Å². The maximum atomic E-state index is 13.6. The van der Waals surface area contributed by atoms with E-state index in [1.54, 1.807) is 23.2 Å². The molecule has 5 rings (SSSR count). The quantitative estimate of drug-likeness (QED) is 0.598. The van der Waals surface area contributed by atoms with Crippen LogP contribution in [0.3, 0.4) is 0 Å². The summed E-state index contributed by atoms with van der Waals surface area (Å²) in [6.07, 6.45) is 3.58. The number of nitrogens with zero attached hydrogens (tertiary/aromatic N) is 2. The van der Waals surface area contributed by atoms with E-state index in [0.29, 0.717) is 0 Å². The van der Waals surface area contributed by atoms with Crippen LogP contribution in [-0.4, -0.2) is 41.7 Å².